The lowest BCUT2D eigenvalue weighted by molar-refractivity contribution is 0.100. The number of carbonyl (C=O) groups is 1. The van der Waals surface area contributed by atoms with Crippen LogP contribution >= 0.6 is 0 Å². The van der Waals surface area contributed by atoms with Crippen LogP contribution in [0.4, 0.5) is 0 Å². The first kappa shape index (κ1) is 8.62. The van der Waals surface area contributed by atoms with Crippen LogP contribution in [0.1, 0.15) is 15.9 Å². The van der Waals surface area contributed by atoms with E-state index in [1.807, 2.05) is 13.0 Å². The second-order valence-electron chi connectivity index (χ2n) is 3.14. The standard InChI is InChI=1S/C10H9N3O/c1-6-2-7-4-12-5-13-9(7)8(3-6)10(11)14/h2-5H,1H3,(H2,11,14). The second kappa shape index (κ2) is 3.06. The normalized spacial score (nSPS) is 10.4. The van der Waals surface area contributed by atoms with E-state index in [0.717, 1.165) is 10.9 Å². The van der Waals surface area contributed by atoms with Gasteiger partial charge in [0.15, 0.2) is 0 Å². The van der Waals surface area contributed by atoms with Crippen molar-refractivity contribution < 1.29 is 4.79 Å². The topological polar surface area (TPSA) is 68.9 Å². The first-order valence-electron chi connectivity index (χ1n) is 4.18. The molecule has 70 valence electrons. The summed E-state index contributed by atoms with van der Waals surface area (Å²) in [5.74, 6) is -0.461. The number of aryl methyl sites for hydroxylation is 1. The first-order valence-corrected chi connectivity index (χ1v) is 4.18. The molecule has 4 nitrogen and oxygen atoms in total. The molecule has 0 radical (unpaired) electrons. The van der Waals surface area contributed by atoms with E-state index >= 15 is 0 Å². The molecule has 0 unspecified atom stereocenters. The van der Waals surface area contributed by atoms with Gasteiger partial charge in [-0.25, -0.2) is 9.97 Å². The van der Waals surface area contributed by atoms with Gasteiger partial charge >= 0.3 is 0 Å². The van der Waals surface area contributed by atoms with Gasteiger partial charge in [0.25, 0.3) is 5.91 Å². The molecule has 0 saturated carbocycles. The molecule has 14 heavy (non-hydrogen) atoms. The summed E-state index contributed by atoms with van der Waals surface area (Å²) in [4.78, 5) is 19.1. The van der Waals surface area contributed by atoms with Gasteiger partial charge in [0.1, 0.15) is 6.33 Å². The van der Waals surface area contributed by atoms with Crippen LogP contribution in [0.3, 0.4) is 0 Å². The quantitative estimate of drug-likeness (QED) is 0.725. The van der Waals surface area contributed by atoms with E-state index in [1.54, 1.807) is 12.3 Å². The largest absolute Gasteiger partial charge is 0.366 e. The fraction of sp³-hybridized carbons (Fsp3) is 0.100. The average Bonchev–Trinajstić information content (AvgIpc) is 2.16. The molecule has 1 aromatic heterocycles. The Hall–Kier alpha value is -1.97. The smallest absolute Gasteiger partial charge is 0.250 e. The van der Waals surface area contributed by atoms with Gasteiger partial charge in [-0.05, 0) is 24.6 Å². The van der Waals surface area contributed by atoms with E-state index in [4.69, 9.17) is 5.73 Å². The number of carbonyl (C=O) groups excluding carboxylic acids is 1. The SMILES string of the molecule is Cc1cc(C(N)=O)c2ncncc2c1. The van der Waals surface area contributed by atoms with Crippen molar-refractivity contribution in [2.75, 3.05) is 0 Å². The lowest BCUT2D eigenvalue weighted by atomic mass is 10.1. The number of aromatic nitrogens is 2. The van der Waals surface area contributed by atoms with Crippen LogP contribution in [0.15, 0.2) is 24.7 Å². The first-order chi connectivity index (χ1) is 6.68. The Morgan fingerprint density at radius 1 is 1.43 bits per heavy atom. The van der Waals surface area contributed by atoms with Crippen molar-refractivity contribution in [2.45, 2.75) is 6.92 Å². The highest BCUT2D eigenvalue weighted by Gasteiger charge is 2.08. The predicted molar refractivity (Wildman–Crippen MR) is 52.8 cm³/mol. The zero-order chi connectivity index (χ0) is 10.1. The van der Waals surface area contributed by atoms with E-state index in [2.05, 4.69) is 9.97 Å². The number of hydrogen-bond donors (Lipinski definition) is 1. The summed E-state index contributed by atoms with van der Waals surface area (Å²) in [5, 5.41) is 0.835. The minimum absolute atomic E-state index is 0.447. The molecule has 1 amide bonds. The molecular weight excluding hydrogens is 178 g/mol. The summed E-state index contributed by atoms with van der Waals surface area (Å²) in [6.07, 6.45) is 3.08. The number of benzene rings is 1. The number of primary amides is 1. The van der Waals surface area contributed by atoms with Gasteiger partial charge in [-0.15, -0.1) is 0 Å². The molecule has 0 bridgehead atoms. The number of nitrogens with zero attached hydrogens (tertiary/aromatic N) is 2. The van der Waals surface area contributed by atoms with Crippen LogP contribution < -0.4 is 5.73 Å². The molecule has 4 heteroatoms. The summed E-state index contributed by atoms with van der Waals surface area (Å²) in [7, 11) is 0. The summed E-state index contributed by atoms with van der Waals surface area (Å²) in [6, 6.07) is 3.65. The van der Waals surface area contributed by atoms with E-state index < -0.39 is 5.91 Å². The Labute approximate surface area is 80.8 Å². The van der Waals surface area contributed by atoms with Gasteiger partial charge in [-0.2, -0.15) is 0 Å². The highest BCUT2D eigenvalue weighted by Crippen LogP contribution is 2.17. The van der Waals surface area contributed by atoms with Crippen LogP contribution in [0, 0.1) is 6.92 Å². The molecule has 2 aromatic rings. The van der Waals surface area contributed by atoms with Crippen molar-refractivity contribution in [1.29, 1.82) is 0 Å². The van der Waals surface area contributed by atoms with Gasteiger partial charge in [-0.1, -0.05) is 0 Å². The Morgan fingerprint density at radius 2 is 2.21 bits per heavy atom. The maximum absolute atomic E-state index is 11.1. The maximum Gasteiger partial charge on any atom is 0.250 e. The van der Waals surface area contributed by atoms with E-state index in [9.17, 15) is 4.79 Å². The van der Waals surface area contributed by atoms with E-state index in [-0.39, 0.29) is 0 Å². The minimum Gasteiger partial charge on any atom is -0.366 e. The third-order valence-electron chi connectivity index (χ3n) is 2.02. The molecule has 2 rings (SSSR count). The van der Waals surface area contributed by atoms with Crippen LogP contribution in [0.25, 0.3) is 10.9 Å². The van der Waals surface area contributed by atoms with E-state index in [1.165, 1.54) is 6.33 Å². The summed E-state index contributed by atoms with van der Waals surface area (Å²) < 4.78 is 0. The zero-order valence-corrected chi connectivity index (χ0v) is 7.69. The Balaban J connectivity index is 2.87. The lowest BCUT2D eigenvalue weighted by Gasteiger charge is -2.02. The van der Waals surface area contributed by atoms with Crippen molar-refractivity contribution in [2.24, 2.45) is 5.73 Å². The molecule has 0 spiro atoms. The molecule has 0 atom stereocenters. The molecule has 1 aromatic carbocycles. The number of nitrogens with two attached hydrogens (primary N) is 1. The van der Waals surface area contributed by atoms with Gasteiger partial charge in [-0.3, -0.25) is 4.79 Å². The number of fused-ring (bicyclic) bond motifs is 1. The average molecular weight is 187 g/mol. The Kier molecular flexibility index (Phi) is 1.89. The highest BCUT2D eigenvalue weighted by molar-refractivity contribution is 6.04. The molecule has 0 fully saturated rings. The molecule has 2 N–H and O–H groups in total. The van der Waals surface area contributed by atoms with Crippen molar-refractivity contribution >= 4 is 16.8 Å². The fourth-order valence-electron chi connectivity index (χ4n) is 1.44. The lowest BCUT2D eigenvalue weighted by Crippen LogP contribution is -2.12. The zero-order valence-electron chi connectivity index (χ0n) is 7.69. The summed E-state index contributed by atoms with van der Waals surface area (Å²) in [5.41, 5.74) is 7.28. The number of amides is 1. The number of hydrogen-bond acceptors (Lipinski definition) is 3. The third-order valence-corrected chi connectivity index (χ3v) is 2.02. The molecule has 0 aliphatic rings. The summed E-state index contributed by atoms with van der Waals surface area (Å²) in [6.45, 7) is 1.90. The monoisotopic (exact) mass is 187 g/mol. The van der Waals surface area contributed by atoms with Gasteiger partial charge in [0, 0.05) is 11.6 Å². The van der Waals surface area contributed by atoms with Crippen molar-refractivity contribution in [3.63, 3.8) is 0 Å². The summed E-state index contributed by atoms with van der Waals surface area (Å²) >= 11 is 0. The van der Waals surface area contributed by atoms with Gasteiger partial charge in [0.05, 0.1) is 11.1 Å². The maximum atomic E-state index is 11.1. The van der Waals surface area contributed by atoms with Crippen molar-refractivity contribution in [3.05, 3.63) is 35.8 Å². The van der Waals surface area contributed by atoms with Gasteiger partial charge in [0.2, 0.25) is 0 Å². The molecule has 0 saturated heterocycles. The van der Waals surface area contributed by atoms with Crippen LogP contribution in [-0.4, -0.2) is 15.9 Å². The number of rotatable bonds is 1. The highest BCUT2D eigenvalue weighted by atomic mass is 16.1. The molecule has 1 heterocycles. The molecular formula is C10H9N3O. The molecule has 0 aliphatic heterocycles. The van der Waals surface area contributed by atoms with Crippen LogP contribution in [0.2, 0.25) is 0 Å². The second-order valence-corrected chi connectivity index (χ2v) is 3.14. The Morgan fingerprint density at radius 3 is 2.93 bits per heavy atom. The van der Waals surface area contributed by atoms with Crippen molar-refractivity contribution in [1.82, 2.24) is 9.97 Å². The fourth-order valence-corrected chi connectivity index (χ4v) is 1.44. The molecule has 0 aliphatic carbocycles. The van der Waals surface area contributed by atoms with Crippen LogP contribution in [-0.2, 0) is 0 Å². The minimum atomic E-state index is -0.461. The third kappa shape index (κ3) is 1.31. The predicted octanol–water partition coefficient (Wildman–Crippen LogP) is 1.04. The van der Waals surface area contributed by atoms with E-state index in [0.29, 0.717) is 11.1 Å². The van der Waals surface area contributed by atoms with Crippen molar-refractivity contribution in [3.8, 4) is 0 Å². The van der Waals surface area contributed by atoms with Gasteiger partial charge < -0.3 is 5.73 Å². The van der Waals surface area contributed by atoms with Crippen LogP contribution in [0.5, 0.6) is 0 Å². The Bertz CT molecular complexity index is 508.